The van der Waals surface area contributed by atoms with E-state index in [-0.39, 0.29) is 12.4 Å². The van der Waals surface area contributed by atoms with E-state index in [9.17, 15) is 14.4 Å². The minimum absolute atomic E-state index is 0.0975. The molecule has 1 aromatic heterocycles. The first-order valence-electron chi connectivity index (χ1n) is 10.6. The standard InChI is InChI=1S/C24H34N2O6/c1-23(2,3)31-21(28)25(7)18(13-14-20(27)30-8)17-15-26(22(29)32-24(4,5)6)19-12-10-9-11-16(17)19/h9-12,15,18H,13-14H2,1-8H3. The summed E-state index contributed by atoms with van der Waals surface area (Å²) >= 11 is 0. The van der Waals surface area contributed by atoms with E-state index in [2.05, 4.69) is 0 Å². The summed E-state index contributed by atoms with van der Waals surface area (Å²) in [6.07, 6.45) is 1.01. The van der Waals surface area contributed by atoms with Crippen LogP contribution in [-0.4, -0.2) is 53.0 Å². The van der Waals surface area contributed by atoms with Crippen molar-refractivity contribution in [3.8, 4) is 0 Å². The molecule has 176 valence electrons. The van der Waals surface area contributed by atoms with Crippen LogP contribution in [0.1, 0.15) is 66.0 Å². The van der Waals surface area contributed by atoms with Crippen molar-refractivity contribution in [3.05, 3.63) is 36.0 Å². The van der Waals surface area contributed by atoms with Gasteiger partial charge in [0.05, 0.1) is 18.7 Å². The molecule has 32 heavy (non-hydrogen) atoms. The number of methoxy groups -OCH3 is 1. The Morgan fingerprint density at radius 3 is 2.16 bits per heavy atom. The van der Waals surface area contributed by atoms with Crippen LogP contribution in [0.4, 0.5) is 9.59 Å². The van der Waals surface area contributed by atoms with E-state index in [4.69, 9.17) is 14.2 Å². The summed E-state index contributed by atoms with van der Waals surface area (Å²) in [5.41, 5.74) is 0.0179. The van der Waals surface area contributed by atoms with Crippen LogP contribution in [0.3, 0.4) is 0 Å². The summed E-state index contributed by atoms with van der Waals surface area (Å²) < 4.78 is 17.3. The Hall–Kier alpha value is -3.03. The Labute approximate surface area is 189 Å². The Balaban J connectivity index is 2.54. The second-order valence-electron chi connectivity index (χ2n) is 9.67. The van der Waals surface area contributed by atoms with Gasteiger partial charge in [-0.25, -0.2) is 9.59 Å². The number of rotatable bonds is 5. The maximum absolute atomic E-state index is 12.9. The van der Waals surface area contributed by atoms with E-state index in [0.29, 0.717) is 17.5 Å². The number of fused-ring (bicyclic) bond motifs is 1. The number of esters is 1. The van der Waals surface area contributed by atoms with Crippen molar-refractivity contribution in [1.29, 1.82) is 0 Å². The van der Waals surface area contributed by atoms with E-state index in [1.54, 1.807) is 54.8 Å². The quantitative estimate of drug-likeness (QED) is 0.458. The molecule has 8 nitrogen and oxygen atoms in total. The number of benzene rings is 1. The topological polar surface area (TPSA) is 87.1 Å². The van der Waals surface area contributed by atoms with Crippen LogP contribution in [0.15, 0.2) is 30.5 Å². The van der Waals surface area contributed by atoms with Gasteiger partial charge in [0.25, 0.3) is 0 Å². The Kier molecular flexibility index (Phi) is 7.59. The Morgan fingerprint density at radius 1 is 1.00 bits per heavy atom. The van der Waals surface area contributed by atoms with Gasteiger partial charge in [-0.05, 0) is 54.0 Å². The van der Waals surface area contributed by atoms with Crippen molar-refractivity contribution >= 4 is 29.1 Å². The zero-order valence-corrected chi connectivity index (χ0v) is 20.2. The molecule has 0 fully saturated rings. The fourth-order valence-electron chi connectivity index (χ4n) is 3.31. The monoisotopic (exact) mass is 446 g/mol. The highest BCUT2D eigenvalue weighted by molar-refractivity contribution is 5.92. The lowest BCUT2D eigenvalue weighted by Crippen LogP contribution is -2.37. The number of nitrogens with zero attached hydrogens (tertiary/aromatic N) is 2. The average Bonchev–Trinajstić information content (AvgIpc) is 3.05. The maximum Gasteiger partial charge on any atom is 0.419 e. The van der Waals surface area contributed by atoms with Gasteiger partial charge < -0.3 is 19.1 Å². The van der Waals surface area contributed by atoms with Crippen molar-refractivity contribution in [1.82, 2.24) is 9.47 Å². The molecule has 0 saturated heterocycles. The molecule has 0 spiro atoms. The van der Waals surface area contributed by atoms with Crippen molar-refractivity contribution in [2.75, 3.05) is 14.2 Å². The highest BCUT2D eigenvalue weighted by Crippen LogP contribution is 2.34. The van der Waals surface area contributed by atoms with Crippen LogP contribution in [0, 0.1) is 0 Å². The molecule has 0 aliphatic heterocycles. The predicted molar refractivity (Wildman–Crippen MR) is 122 cm³/mol. The summed E-state index contributed by atoms with van der Waals surface area (Å²) in [4.78, 5) is 39.0. The fourth-order valence-corrected chi connectivity index (χ4v) is 3.31. The third-order valence-electron chi connectivity index (χ3n) is 4.69. The molecule has 0 aliphatic rings. The van der Waals surface area contributed by atoms with Crippen LogP contribution in [-0.2, 0) is 19.0 Å². The van der Waals surface area contributed by atoms with Gasteiger partial charge in [-0.2, -0.15) is 0 Å². The fraction of sp³-hybridized carbons (Fsp3) is 0.542. The van der Waals surface area contributed by atoms with E-state index < -0.39 is 29.4 Å². The number of hydrogen-bond donors (Lipinski definition) is 0. The number of amides is 1. The normalized spacial score (nSPS) is 12.9. The highest BCUT2D eigenvalue weighted by atomic mass is 16.6. The number of carbonyl (C=O) groups excluding carboxylic acids is 3. The first kappa shape index (κ1) is 25.2. The molecular formula is C24H34N2O6. The van der Waals surface area contributed by atoms with Gasteiger partial charge in [-0.3, -0.25) is 9.36 Å². The molecule has 1 aromatic carbocycles. The third-order valence-corrected chi connectivity index (χ3v) is 4.69. The smallest absolute Gasteiger partial charge is 0.419 e. The first-order chi connectivity index (χ1) is 14.7. The number of hydrogen-bond acceptors (Lipinski definition) is 6. The van der Waals surface area contributed by atoms with Crippen molar-refractivity contribution in [2.45, 2.75) is 71.6 Å². The molecule has 0 radical (unpaired) electrons. The number of ether oxygens (including phenoxy) is 3. The van der Waals surface area contributed by atoms with Gasteiger partial charge in [-0.15, -0.1) is 0 Å². The molecule has 1 amide bonds. The number of para-hydroxylation sites is 1. The number of carbonyl (C=O) groups is 3. The summed E-state index contributed by atoms with van der Waals surface area (Å²) in [6.45, 7) is 10.8. The molecule has 1 unspecified atom stereocenters. The molecule has 8 heteroatoms. The zero-order chi connectivity index (χ0) is 24.3. The van der Waals surface area contributed by atoms with Crippen LogP contribution < -0.4 is 0 Å². The van der Waals surface area contributed by atoms with E-state index in [1.165, 1.54) is 16.6 Å². The van der Waals surface area contributed by atoms with Crippen LogP contribution in [0.5, 0.6) is 0 Å². The predicted octanol–water partition coefficient (Wildman–Crippen LogP) is 5.29. The van der Waals surface area contributed by atoms with Crippen molar-refractivity contribution < 1.29 is 28.6 Å². The maximum atomic E-state index is 12.9. The molecule has 0 N–H and O–H groups in total. The molecular weight excluding hydrogens is 412 g/mol. The van der Waals surface area contributed by atoms with Gasteiger partial charge >= 0.3 is 18.2 Å². The summed E-state index contributed by atoms with van der Waals surface area (Å²) in [7, 11) is 2.94. The molecule has 0 saturated carbocycles. The Bertz CT molecular complexity index is 981. The second-order valence-corrected chi connectivity index (χ2v) is 9.67. The molecule has 0 aliphatic carbocycles. The summed E-state index contributed by atoms with van der Waals surface area (Å²) in [5.74, 6) is -0.386. The van der Waals surface area contributed by atoms with Crippen molar-refractivity contribution in [2.24, 2.45) is 0 Å². The molecule has 0 bridgehead atoms. The van der Waals surface area contributed by atoms with E-state index in [0.717, 1.165) is 5.39 Å². The van der Waals surface area contributed by atoms with Crippen LogP contribution >= 0.6 is 0 Å². The van der Waals surface area contributed by atoms with Gasteiger partial charge in [-0.1, -0.05) is 18.2 Å². The largest absolute Gasteiger partial charge is 0.469 e. The van der Waals surface area contributed by atoms with Gasteiger partial charge in [0.1, 0.15) is 11.2 Å². The first-order valence-corrected chi connectivity index (χ1v) is 10.6. The lowest BCUT2D eigenvalue weighted by molar-refractivity contribution is -0.141. The van der Waals surface area contributed by atoms with Crippen LogP contribution in [0.25, 0.3) is 10.9 Å². The molecule has 1 atom stereocenters. The zero-order valence-electron chi connectivity index (χ0n) is 20.2. The van der Waals surface area contributed by atoms with Crippen molar-refractivity contribution in [3.63, 3.8) is 0 Å². The molecule has 2 rings (SSSR count). The Morgan fingerprint density at radius 2 is 1.59 bits per heavy atom. The third kappa shape index (κ3) is 6.48. The minimum Gasteiger partial charge on any atom is -0.469 e. The van der Waals surface area contributed by atoms with Gasteiger partial charge in [0.15, 0.2) is 0 Å². The second kappa shape index (κ2) is 9.63. The number of aromatic nitrogens is 1. The average molecular weight is 447 g/mol. The van der Waals surface area contributed by atoms with E-state index >= 15 is 0 Å². The summed E-state index contributed by atoms with van der Waals surface area (Å²) in [6, 6.07) is 6.84. The highest BCUT2D eigenvalue weighted by Gasteiger charge is 2.30. The molecule has 2 aromatic rings. The van der Waals surface area contributed by atoms with Crippen LogP contribution in [0.2, 0.25) is 0 Å². The summed E-state index contributed by atoms with van der Waals surface area (Å²) in [5, 5.41) is 0.781. The van der Waals surface area contributed by atoms with E-state index in [1.807, 2.05) is 24.3 Å². The molecule has 1 heterocycles. The lowest BCUT2D eigenvalue weighted by atomic mass is 10.00. The van der Waals surface area contributed by atoms with Gasteiger partial charge in [0.2, 0.25) is 0 Å². The minimum atomic E-state index is -0.678. The van der Waals surface area contributed by atoms with Gasteiger partial charge in [0, 0.05) is 30.6 Å². The lowest BCUT2D eigenvalue weighted by Gasteiger charge is -2.30. The SMILES string of the molecule is COC(=O)CCC(c1cn(C(=O)OC(C)(C)C)c2ccccc12)N(C)C(=O)OC(C)(C)C.